The first-order chi connectivity index (χ1) is 5.77. The molecule has 4 heteroatoms. The minimum atomic E-state index is 0.536. The minimum Gasteiger partial charge on any atom is -0.397 e. The lowest BCUT2D eigenvalue weighted by Gasteiger charge is -1.94. The quantitative estimate of drug-likeness (QED) is 0.695. The van der Waals surface area contributed by atoms with Crippen molar-refractivity contribution in [1.29, 1.82) is 5.26 Å². The zero-order valence-electron chi connectivity index (χ0n) is 6.50. The Morgan fingerprint density at radius 3 is 3.08 bits per heavy atom. The number of hydrogen-bond acceptors (Lipinski definition) is 4. The second kappa shape index (κ2) is 3.79. The zero-order chi connectivity index (χ0) is 8.97. The van der Waals surface area contributed by atoms with Gasteiger partial charge in [-0.2, -0.15) is 5.26 Å². The van der Waals surface area contributed by atoms with Crippen molar-refractivity contribution in [2.45, 2.75) is 0 Å². The molecular formula is C8H9N3S. The number of nitrogens with two attached hydrogens (primary N) is 1. The van der Waals surface area contributed by atoms with Gasteiger partial charge in [0.05, 0.1) is 10.7 Å². The van der Waals surface area contributed by atoms with Crippen LogP contribution in [-0.4, -0.2) is 6.54 Å². The monoisotopic (exact) mass is 179 g/mol. The molecule has 1 heterocycles. The van der Waals surface area contributed by atoms with Crippen molar-refractivity contribution in [3.05, 3.63) is 23.6 Å². The standard InChI is InChI=1S/C8H9N3S/c1-2-3-11-8-4-6(10)7(5-9)12-8/h2,4,11H,1,3,10H2. The molecule has 0 atom stereocenters. The van der Waals surface area contributed by atoms with E-state index in [-0.39, 0.29) is 0 Å². The summed E-state index contributed by atoms with van der Waals surface area (Å²) >= 11 is 1.35. The molecule has 3 N–H and O–H groups in total. The van der Waals surface area contributed by atoms with Crippen LogP contribution in [0.4, 0.5) is 10.7 Å². The van der Waals surface area contributed by atoms with Gasteiger partial charge >= 0.3 is 0 Å². The largest absolute Gasteiger partial charge is 0.397 e. The topological polar surface area (TPSA) is 61.8 Å². The smallest absolute Gasteiger partial charge is 0.129 e. The molecular weight excluding hydrogens is 170 g/mol. The Balaban J connectivity index is 2.76. The van der Waals surface area contributed by atoms with Gasteiger partial charge in [-0.3, -0.25) is 0 Å². The fraction of sp³-hybridized carbons (Fsp3) is 0.125. The molecule has 3 nitrogen and oxygen atoms in total. The first-order valence-electron chi connectivity index (χ1n) is 3.42. The second-order valence-corrected chi connectivity index (χ2v) is 3.23. The summed E-state index contributed by atoms with van der Waals surface area (Å²) in [7, 11) is 0. The molecule has 0 aliphatic heterocycles. The van der Waals surface area contributed by atoms with Crippen LogP contribution in [0.2, 0.25) is 0 Å². The van der Waals surface area contributed by atoms with Gasteiger partial charge < -0.3 is 11.1 Å². The van der Waals surface area contributed by atoms with Gasteiger partial charge in [-0.15, -0.1) is 17.9 Å². The summed E-state index contributed by atoms with van der Waals surface area (Å²) in [5.41, 5.74) is 6.08. The molecule has 12 heavy (non-hydrogen) atoms. The Kier molecular flexibility index (Phi) is 2.72. The lowest BCUT2D eigenvalue weighted by Crippen LogP contribution is -1.94. The summed E-state index contributed by atoms with van der Waals surface area (Å²) < 4.78 is 0. The van der Waals surface area contributed by atoms with Crippen LogP contribution in [-0.2, 0) is 0 Å². The van der Waals surface area contributed by atoms with Crippen LogP contribution < -0.4 is 11.1 Å². The molecule has 0 aromatic carbocycles. The maximum Gasteiger partial charge on any atom is 0.129 e. The van der Waals surface area contributed by atoms with Crippen LogP contribution in [0.15, 0.2) is 18.7 Å². The Morgan fingerprint density at radius 1 is 1.83 bits per heavy atom. The fourth-order valence-electron chi connectivity index (χ4n) is 0.752. The third kappa shape index (κ3) is 1.77. The average molecular weight is 179 g/mol. The molecule has 0 bridgehead atoms. The molecule has 0 saturated heterocycles. The van der Waals surface area contributed by atoms with Crippen molar-refractivity contribution in [2.24, 2.45) is 0 Å². The van der Waals surface area contributed by atoms with E-state index in [2.05, 4.69) is 11.9 Å². The van der Waals surface area contributed by atoms with E-state index >= 15 is 0 Å². The molecule has 0 aliphatic carbocycles. The van der Waals surface area contributed by atoms with Gasteiger partial charge in [0.15, 0.2) is 0 Å². The highest BCUT2D eigenvalue weighted by molar-refractivity contribution is 7.17. The van der Waals surface area contributed by atoms with Gasteiger partial charge in [0.1, 0.15) is 10.9 Å². The lowest BCUT2D eigenvalue weighted by atomic mass is 10.4. The third-order valence-electron chi connectivity index (χ3n) is 1.28. The number of nitrogens with zero attached hydrogens (tertiary/aromatic N) is 1. The summed E-state index contributed by atoms with van der Waals surface area (Å²) in [5, 5.41) is 12.6. The number of thiophene rings is 1. The molecule has 0 radical (unpaired) electrons. The summed E-state index contributed by atoms with van der Waals surface area (Å²) in [6, 6.07) is 3.78. The Hall–Kier alpha value is -1.47. The van der Waals surface area contributed by atoms with Gasteiger partial charge in [-0.05, 0) is 6.07 Å². The van der Waals surface area contributed by atoms with E-state index in [9.17, 15) is 0 Å². The van der Waals surface area contributed by atoms with Crippen LogP contribution >= 0.6 is 11.3 Å². The van der Waals surface area contributed by atoms with E-state index in [4.69, 9.17) is 11.0 Å². The van der Waals surface area contributed by atoms with E-state index in [1.54, 1.807) is 12.1 Å². The number of nitrogens with one attached hydrogen (secondary N) is 1. The summed E-state index contributed by atoms with van der Waals surface area (Å²) in [6.45, 7) is 4.26. The number of nitriles is 1. The van der Waals surface area contributed by atoms with Gasteiger partial charge in [0, 0.05) is 6.54 Å². The summed E-state index contributed by atoms with van der Waals surface area (Å²) in [6.07, 6.45) is 1.75. The molecule has 1 rings (SSSR count). The molecule has 0 spiro atoms. The number of rotatable bonds is 3. The van der Waals surface area contributed by atoms with Crippen LogP contribution in [0.1, 0.15) is 4.88 Å². The predicted octanol–water partition coefficient (Wildman–Crippen LogP) is 1.80. The van der Waals surface area contributed by atoms with Crippen molar-refractivity contribution in [1.82, 2.24) is 0 Å². The Labute approximate surface area is 75.1 Å². The maximum absolute atomic E-state index is 8.59. The molecule has 0 unspecified atom stereocenters. The highest BCUT2D eigenvalue weighted by Crippen LogP contribution is 2.27. The van der Waals surface area contributed by atoms with Crippen LogP contribution in [0.25, 0.3) is 0 Å². The molecule has 62 valence electrons. The van der Waals surface area contributed by atoms with Crippen molar-refractivity contribution in [3.63, 3.8) is 0 Å². The predicted molar refractivity (Wildman–Crippen MR) is 52.1 cm³/mol. The summed E-state index contributed by atoms with van der Waals surface area (Å²) in [4.78, 5) is 0.557. The molecule has 0 fully saturated rings. The van der Waals surface area contributed by atoms with E-state index in [0.29, 0.717) is 17.1 Å². The first kappa shape index (κ1) is 8.62. The highest BCUT2D eigenvalue weighted by Gasteiger charge is 2.03. The van der Waals surface area contributed by atoms with Gasteiger partial charge in [-0.25, -0.2) is 0 Å². The average Bonchev–Trinajstić information content (AvgIpc) is 2.43. The van der Waals surface area contributed by atoms with Gasteiger partial charge in [0.2, 0.25) is 0 Å². The van der Waals surface area contributed by atoms with Crippen molar-refractivity contribution >= 4 is 22.0 Å². The Bertz CT molecular complexity index is 322. The Morgan fingerprint density at radius 2 is 2.58 bits per heavy atom. The molecule has 0 amide bonds. The lowest BCUT2D eigenvalue weighted by molar-refractivity contribution is 1.37. The highest BCUT2D eigenvalue weighted by atomic mass is 32.1. The van der Waals surface area contributed by atoms with E-state index in [0.717, 1.165) is 5.00 Å². The first-order valence-corrected chi connectivity index (χ1v) is 4.23. The maximum atomic E-state index is 8.59. The van der Waals surface area contributed by atoms with Gasteiger partial charge in [-0.1, -0.05) is 6.08 Å². The van der Waals surface area contributed by atoms with E-state index in [1.165, 1.54) is 11.3 Å². The van der Waals surface area contributed by atoms with Crippen LogP contribution in [0.3, 0.4) is 0 Å². The number of anilines is 2. The third-order valence-corrected chi connectivity index (χ3v) is 2.30. The van der Waals surface area contributed by atoms with Crippen molar-refractivity contribution < 1.29 is 0 Å². The van der Waals surface area contributed by atoms with Crippen LogP contribution in [0.5, 0.6) is 0 Å². The van der Waals surface area contributed by atoms with E-state index in [1.807, 2.05) is 6.07 Å². The fourth-order valence-corrected chi connectivity index (χ4v) is 1.54. The zero-order valence-corrected chi connectivity index (χ0v) is 7.32. The second-order valence-electron chi connectivity index (χ2n) is 2.18. The van der Waals surface area contributed by atoms with E-state index < -0.39 is 0 Å². The molecule has 0 aliphatic rings. The number of hydrogen-bond donors (Lipinski definition) is 2. The molecule has 1 aromatic heterocycles. The number of nitrogen functional groups attached to an aromatic ring is 1. The normalized spacial score (nSPS) is 8.92. The molecule has 0 saturated carbocycles. The van der Waals surface area contributed by atoms with Crippen molar-refractivity contribution in [3.8, 4) is 6.07 Å². The van der Waals surface area contributed by atoms with Crippen LogP contribution in [0, 0.1) is 11.3 Å². The minimum absolute atomic E-state index is 0.536. The van der Waals surface area contributed by atoms with Crippen molar-refractivity contribution in [2.75, 3.05) is 17.6 Å². The summed E-state index contributed by atoms with van der Waals surface area (Å²) in [5.74, 6) is 0. The SMILES string of the molecule is C=CCNc1cc(N)c(C#N)s1. The molecule has 1 aromatic rings. The van der Waals surface area contributed by atoms with Gasteiger partial charge in [0.25, 0.3) is 0 Å².